The highest BCUT2D eigenvalue weighted by atomic mass is 35.5. The molecule has 0 aliphatic rings. The number of carbonyl (C=O) groups excluding carboxylic acids is 1. The van der Waals surface area contributed by atoms with Gasteiger partial charge in [-0.15, -0.1) is 0 Å². The highest BCUT2D eigenvalue weighted by Gasteiger charge is 2.20. The molecule has 0 saturated carbocycles. The summed E-state index contributed by atoms with van der Waals surface area (Å²) in [4.78, 5) is 23.8. The Bertz CT molecular complexity index is 1240. The van der Waals surface area contributed by atoms with Gasteiger partial charge in [0.05, 0.1) is 5.69 Å². The monoisotopic (exact) mass is 367 g/mol. The first kappa shape index (κ1) is 16.4. The maximum absolute atomic E-state index is 12.1. The van der Waals surface area contributed by atoms with Gasteiger partial charge in [-0.1, -0.05) is 23.7 Å². The van der Waals surface area contributed by atoms with Crippen LogP contribution in [0.15, 0.2) is 56.1 Å². The molecule has 5 nitrogen and oxygen atoms in total. The Balaban J connectivity index is 2.11. The third kappa shape index (κ3) is 2.66. The second kappa shape index (κ2) is 6.04. The van der Waals surface area contributed by atoms with Gasteiger partial charge in [-0.25, -0.2) is 4.79 Å². The number of furan rings is 1. The van der Waals surface area contributed by atoms with Crippen LogP contribution in [-0.2, 0) is 4.79 Å². The molecular formula is C20H14ClNO4. The number of para-hydroxylation sites is 1. The Kier molecular flexibility index (Phi) is 3.81. The van der Waals surface area contributed by atoms with E-state index in [9.17, 15) is 9.59 Å². The van der Waals surface area contributed by atoms with Crippen molar-refractivity contribution in [3.05, 3.63) is 63.5 Å². The predicted octanol–water partition coefficient (Wildman–Crippen LogP) is 5.13. The average Bonchev–Trinajstić information content (AvgIpc) is 2.94. The van der Waals surface area contributed by atoms with Crippen LogP contribution in [0.3, 0.4) is 0 Å². The van der Waals surface area contributed by atoms with Gasteiger partial charge in [0, 0.05) is 34.3 Å². The third-order valence-electron chi connectivity index (χ3n) is 4.16. The minimum Gasteiger partial charge on any atom is -0.454 e. The quantitative estimate of drug-likeness (QED) is 0.499. The molecular weight excluding hydrogens is 354 g/mol. The smallest absolute Gasteiger partial charge is 0.336 e. The van der Waals surface area contributed by atoms with E-state index in [1.165, 1.54) is 13.0 Å². The molecule has 1 amide bonds. The van der Waals surface area contributed by atoms with E-state index in [2.05, 4.69) is 5.32 Å². The first-order valence-electron chi connectivity index (χ1n) is 7.97. The fraction of sp³-hybridized carbons (Fsp3) is 0.100. The molecule has 2 heterocycles. The van der Waals surface area contributed by atoms with Gasteiger partial charge in [-0.05, 0) is 36.8 Å². The van der Waals surface area contributed by atoms with Gasteiger partial charge >= 0.3 is 5.63 Å². The summed E-state index contributed by atoms with van der Waals surface area (Å²) in [5.74, 6) is 0.151. The zero-order valence-corrected chi connectivity index (χ0v) is 14.8. The SMILES string of the molecule is CC(=O)Nc1c(-c2cc(=O)oc3cc(C)c(Cl)cc23)oc2ccccc12. The van der Waals surface area contributed by atoms with E-state index in [1.807, 2.05) is 25.1 Å². The standard InChI is InChI=1S/C20H14ClNO4/c1-10-7-17-13(8-15(10)21)14(9-18(24)25-17)20-19(22-11(2)23)12-5-3-4-6-16(12)26-20/h3-9H,1-2H3,(H,22,23). The first-order chi connectivity index (χ1) is 12.4. The van der Waals surface area contributed by atoms with Crippen molar-refractivity contribution in [2.75, 3.05) is 5.32 Å². The highest BCUT2D eigenvalue weighted by Crippen LogP contribution is 2.41. The van der Waals surface area contributed by atoms with E-state index in [4.69, 9.17) is 20.4 Å². The molecule has 130 valence electrons. The summed E-state index contributed by atoms with van der Waals surface area (Å²) in [5.41, 5.74) is 2.32. The van der Waals surface area contributed by atoms with Crippen molar-refractivity contribution in [1.29, 1.82) is 0 Å². The number of carbonyl (C=O) groups is 1. The van der Waals surface area contributed by atoms with Crippen LogP contribution < -0.4 is 10.9 Å². The first-order valence-corrected chi connectivity index (χ1v) is 8.35. The molecule has 0 bridgehead atoms. The number of aryl methyl sites for hydroxylation is 1. The summed E-state index contributed by atoms with van der Waals surface area (Å²) in [7, 11) is 0. The Labute approximate surface area is 153 Å². The maximum Gasteiger partial charge on any atom is 0.336 e. The van der Waals surface area contributed by atoms with E-state index in [1.54, 1.807) is 18.2 Å². The van der Waals surface area contributed by atoms with Gasteiger partial charge in [0.25, 0.3) is 0 Å². The molecule has 0 aliphatic carbocycles. The van der Waals surface area contributed by atoms with Gasteiger partial charge in [0.1, 0.15) is 11.2 Å². The topological polar surface area (TPSA) is 72.5 Å². The molecule has 26 heavy (non-hydrogen) atoms. The number of benzene rings is 2. The van der Waals surface area contributed by atoms with Gasteiger partial charge in [0.15, 0.2) is 5.76 Å². The largest absolute Gasteiger partial charge is 0.454 e. The molecule has 1 N–H and O–H groups in total. The van der Waals surface area contributed by atoms with E-state index in [0.29, 0.717) is 38.6 Å². The van der Waals surface area contributed by atoms with Crippen LogP contribution in [0.2, 0.25) is 5.02 Å². The number of anilines is 1. The number of rotatable bonds is 2. The van der Waals surface area contributed by atoms with Crippen molar-refractivity contribution in [2.24, 2.45) is 0 Å². The molecule has 0 saturated heterocycles. The Hall–Kier alpha value is -3.05. The second-order valence-corrected chi connectivity index (χ2v) is 6.47. The molecule has 0 fully saturated rings. The highest BCUT2D eigenvalue weighted by molar-refractivity contribution is 6.32. The molecule has 2 aromatic heterocycles. The molecule has 0 spiro atoms. The van der Waals surface area contributed by atoms with Crippen LogP contribution in [0.5, 0.6) is 0 Å². The summed E-state index contributed by atoms with van der Waals surface area (Å²) in [6, 6.07) is 12.1. The van der Waals surface area contributed by atoms with Crippen molar-refractivity contribution in [2.45, 2.75) is 13.8 Å². The van der Waals surface area contributed by atoms with Gasteiger partial charge in [0.2, 0.25) is 5.91 Å². The lowest BCUT2D eigenvalue weighted by atomic mass is 10.0. The summed E-state index contributed by atoms with van der Waals surface area (Å²) in [6.45, 7) is 3.25. The number of hydrogen-bond acceptors (Lipinski definition) is 4. The van der Waals surface area contributed by atoms with Crippen LogP contribution in [0, 0.1) is 6.92 Å². The van der Waals surface area contributed by atoms with Crippen LogP contribution in [0.4, 0.5) is 5.69 Å². The Morgan fingerprint density at radius 1 is 1.04 bits per heavy atom. The van der Waals surface area contributed by atoms with E-state index in [0.717, 1.165) is 10.9 Å². The normalized spacial score (nSPS) is 11.2. The van der Waals surface area contributed by atoms with Crippen molar-refractivity contribution in [3.63, 3.8) is 0 Å². The van der Waals surface area contributed by atoms with E-state index in [-0.39, 0.29) is 5.91 Å². The fourth-order valence-corrected chi connectivity index (χ4v) is 3.17. The predicted molar refractivity (Wildman–Crippen MR) is 102 cm³/mol. The summed E-state index contributed by atoms with van der Waals surface area (Å²) >= 11 is 6.27. The summed E-state index contributed by atoms with van der Waals surface area (Å²) in [5, 5.41) is 4.73. The molecule has 0 unspecified atom stereocenters. The Morgan fingerprint density at radius 2 is 1.81 bits per heavy atom. The molecule has 0 aliphatic heterocycles. The summed E-state index contributed by atoms with van der Waals surface area (Å²) < 4.78 is 11.3. The van der Waals surface area contributed by atoms with Crippen LogP contribution in [0.1, 0.15) is 12.5 Å². The van der Waals surface area contributed by atoms with Crippen molar-refractivity contribution in [3.8, 4) is 11.3 Å². The number of amides is 1. The summed E-state index contributed by atoms with van der Waals surface area (Å²) in [6.07, 6.45) is 0. The van der Waals surface area contributed by atoms with Crippen molar-refractivity contribution in [1.82, 2.24) is 0 Å². The lowest BCUT2D eigenvalue weighted by Crippen LogP contribution is -2.06. The number of hydrogen-bond donors (Lipinski definition) is 1. The molecule has 2 aromatic carbocycles. The minimum absolute atomic E-state index is 0.237. The Morgan fingerprint density at radius 3 is 2.58 bits per heavy atom. The van der Waals surface area contributed by atoms with E-state index < -0.39 is 5.63 Å². The van der Waals surface area contributed by atoms with Gasteiger partial charge in [-0.3, -0.25) is 4.79 Å². The zero-order chi connectivity index (χ0) is 18.4. The van der Waals surface area contributed by atoms with Crippen LogP contribution in [0.25, 0.3) is 33.3 Å². The number of halogens is 1. The minimum atomic E-state index is -0.511. The zero-order valence-electron chi connectivity index (χ0n) is 14.1. The lowest BCUT2D eigenvalue weighted by molar-refractivity contribution is -0.114. The molecule has 0 radical (unpaired) electrons. The van der Waals surface area contributed by atoms with Crippen molar-refractivity contribution < 1.29 is 13.6 Å². The van der Waals surface area contributed by atoms with Crippen molar-refractivity contribution >= 4 is 45.1 Å². The third-order valence-corrected chi connectivity index (χ3v) is 4.57. The second-order valence-electron chi connectivity index (χ2n) is 6.06. The average molecular weight is 368 g/mol. The van der Waals surface area contributed by atoms with Crippen LogP contribution >= 0.6 is 11.6 Å². The molecule has 4 aromatic rings. The molecule has 0 atom stereocenters. The van der Waals surface area contributed by atoms with Gasteiger partial charge < -0.3 is 14.2 Å². The van der Waals surface area contributed by atoms with Gasteiger partial charge in [-0.2, -0.15) is 0 Å². The van der Waals surface area contributed by atoms with Crippen LogP contribution in [-0.4, -0.2) is 5.91 Å². The van der Waals surface area contributed by atoms with E-state index >= 15 is 0 Å². The molecule has 4 rings (SSSR count). The maximum atomic E-state index is 12.1. The molecule has 6 heteroatoms. The fourth-order valence-electron chi connectivity index (χ4n) is 3.01. The number of fused-ring (bicyclic) bond motifs is 2. The number of nitrogens with one attached hydrogen (secondary N) is 1. The lowest BCUT2D eigenvalue weighted by Gasteiger charge is -2.08.